The summed E-state index contributed by atoms with van der Waals surface area (Å²) in [6.45, 7) is 0. The highest BCUT2D eigenvalue weighted by Gasteiger charge is 2.30. The molecule has 29 heavy (non-hydrogen) atoms. The average molecular weight is 423 g/mol. The van der Waals surface area contributed by atoms with E-state index >= 15 is 0 Å². The van der Waals surface area contributed by atoms with E-state index in [1.807, 2.05) is 0 Å². The summed E-state index contributed by atoms with van der Waals surface area (Å²) in [4.78, 5) is 35.3. The van der Waals surface area contributed by atoms with Gasteiger partial charge in [-0.1, -0.05) is 29.5 Å². The van der Waals surface area contributed by atoms with Gasteiger partial charge in [0.15, 0.2) is 11.8 Å². The van der Waals surface area contributed by atoms with Crippen LogP contribution in [0, 0.1) is 0 Å². The van der Waals surface area contributed by atoms with Crippen molar-refractivity contribution in [3.63, 3.8) is 0 Å². The lowest BCUT2D eigenvalue weighted by Crippen LogP contribution is -2.40. The number of ketones is 1. The predicted octanol–water partition coefficient (Wildman–Crippen LogP) is 3.25. The lowest BCUT2D eigenvalue weighted by molar-refractivity contribution is -0.138. The standard InChI is InChI=1S/C19H12F3NO5S/c20-19(21,22)10-4-1-8(2-5-10)9-3-6-11-12(7-9)29-18(28)13(15(11)24)16(25)14(23)17(26)27/h1-7,14,24H,23H2,(H,26,27). The fourth-order valence-electron chi connectivity index (χ4n) is 2.70. The summed E-state index contributed by atoms with van der Waals surface area (Å²) in [5.74, 6) is -3.55. The number of carbonyl (C=O) groups is 2. The smallest absolute Gasteiger partial charge is 0.416 e. The summed E-state index contributed by atoms with van der Waals surface area (Å²) in [7, 11) is 0. The highest BCUT2D eigenvalue weighted by Crippen LogP contribution is 2.34. The first kappa shape index (κ1) is 20.5. The summed E-state index contributed by atoms with van der Waals surface area (Å²) in [6, 6.07) is 6.76. The summed E-state index contributed by atoms with van der Waals surface area (Å²) in [6.07, 6.45) is -4.47. The molecule has 0 saturated heterocycles. The first-order valence-electron chi connectivity index (χ1n) is 8.00. The zero-order valence-corrected chi connectivity index (χ0v) is 15.2. The van der Waals surface area contributed by atoms with Crippen molar-refractivity contribution in [3.05, 3.63) is 63.1 Å². The molecule has 0 aliphatic rings. The Labute approximate surface area is 164 Å². The van der Waals surface area contributed by atoms with E-state index in [2.05, 4.69) is 0 Å². The number of nitrogens with two attached hydrogens (primary N) is 1. The van der Waals surface area contributed by atoms with Gasteiger partial charge in [-0.2, -0.15) is 13.2 Å². The van der Waals surface area contributed by atoms with Crippen molar-refractivity contribution < 1.29 is 33.0 Å². The van der Waals surface area contributed by atoms with Crippen molar-refractivity contribution in [1.29, 1.82) is 0 Å². The molecule has 0 bridgehead atoms. The zero-order valence-electron chi connectivity index (χ0n) is 14.4. The lowest BCUT2D eigenvalue weighted by atomic mass is 10.0. The maximum atomic E-state index is 12.7. The Bertz CT molecular complexity index is 1190. The summed E-state index contributed by atoms with van der Waals surface area (Å²) < 4.78 is 37.5. The molecule has 0 aliphatic carbocycles. The minimum atomic E-state index is -4.47. The van der Waals surface area contributed by atoms with E-state index in [-0.39, 0.29) is 10.1 Å². The Hall–Kier alpha value is -3.24. The molecule has 0 saturated carbocycles. The normalized spacial score (nSPS) is 12.7. The SMILES string of the molecule is NC(C(=O)O)C(=O)c1c(O)c2ccc(-c3ccc(C(F)(F)F)cc3)cc2sc1=O. The Kier molecular flexibility index (Phi) is 5.16. The Morgan fingerprint density at radius 1 is 1.03 bits per heavy atom. The van der Waals surface area contributed by atoms with Gasteiger partial charge in [0.2, 0.25) is 4.74 Å². The van der Waals surface area contributed by atoms with E-state index in [0.717, 1.165) is 12.1 Å². The number of Topliss-reactive ketones (excluding diaryl/α,β-unsaturated/α-hetero) is 1. The van der Waals surface area contributed by atoms with E-state index in [1.165, 1.54) is 30.3 Å². The van der Waals surface area contributed by atoms with Crippen LogP contribution in [0.5, 0.6) is 5.75 Å². The molecule has 1 unspecified atom stereocenters. The third-order valence-electron chi connectivity index (χ3n) is 4.22. The summed E-state index contributed by atoms with van der Waals surface area (Å²) in [5, 5.41) is 19.3. The number of carbonyl (C=O) groups excluding carboxylic acids is 1. The molecule has 10 heteroatoms. The van der Waals surface area contributed by atoms with Gasteiger partial charge in [0.25, 0.3) is 0 Å². The first-order chi connectivity index (χ1) is 13.5. The minimum Gasteiger partial charge on any atom is -0.506 e. The topological polar surface area (TPSA) is 118 Å². The third-order valence-corrected chi connectivity index (χ3v) is 5.17. The monoisotopic (exact) mass is 423 g/mol. The van der Waals surface area contributed by atoms with Crippen LogP contribution in [0.15, 0.2) is 47.3 Å². The van der Waals surface area contributed by atoms with Crippen LogP contribution in [0.25, 0.3) is 21.2 Å². The molecule has 2 aromatic carbocycles. The Balaban J connectivity index is 2.08. The summed E-state index contributed by atoms with van der Waals surface area (Å²) >= 11 is 0.591. The van der Waals surface area contributed by atoms with E-state index in [0.29, 0.717) is 22.5 Å². The molecule has 0 fully saturated rings. The highest BCUT2D eigenvalue weighted by atomic mass is 32.1. The van der Waals surface area contributed by atoms with Gasteiger partial charge in [-0.3, -0.25) is 14.4 Å². The van der Waals surface area contributed by atoms with E-state index in [4.69, 9.17) is 10.8 Å². The van der Waals surface area contributed by atoms with Crippen LogP contribution < -0.4 is 10.5 Å². The molecule has 0 aliphatic heterocycles. The van der Waals surface area contributed by atoms with Crippen molar-refractivity contribution in [2.75, 3.05) is 0 Å². The zero-order chi connectivity index (χ0) is 21.5. The molecule has 0 amide bonds. The van der Waals surface area contributed by atoms with Crippen LogP contribution >= 0.6 is 11.3 Å². The number of aromatic hydroxyl groups is 1. The van der Waals surface area contributed by atoms with E-state index in [9.17, 15) is 32.7 Å². The lowest BCUT2D eigenvalue weighted by Gasteiger charge is -2.10. The quantitative estimate of drug-likeness (QED) is 0.438. The number of fused-ring (bicyclic) bond motifs is 1. The fraction of sp³-hybridized carbons (Fsp3) is 0.105. The van der Waals surface area contributed by atoms with Gasteiger partial charge >= 0.3 is 12.1 Å². The van der Waals surface area contributed by atoms with Crippen LogP contribution in [0.3, 0.4) is 0 Å². The molecule has 3 aromatic rings. The number of aliphatic carboxylic acids is 1. The largest absolute Gasteiger partial charge is 0.506 e. The maximum Gasteiger partial charge on any atom is 0.416 e. The number of carboxylic acids is 1. The molecule has 150 valence electrons. The number of hydrogen-bond donors (Lipinski definition) is 3. The number of benzene rings is 2. The third kappa shape index (κ3) is 3.84. The molecule has 3 rings (SSSR count). The summed E-state index contributed by atoms with van der Waals surface area (Å²) in [5.41, 5.74) is 4.67. The second-order valence-electron chi connectivity index (χ2n) is 6.08. The van der Waals surface area contributed by atoms with Crippen LogP contribution in [-0.4, -0.2) is 28.0 Å². The second kappa shape index (κ2) is 7.30. The molecule has 0 radical (unpaired) electrons. The van der Waals surface area contributed by atoms with Crippen LogP contribution in [-0.2, 0) is 11.0 Å². The van der Waals surface area contributed by atoms with Crippen molar-refractivity contribution in [2.24, 2.45) is 5.73 Å². The van der Waals surface area contributed by atoms with Crippen molar-refractivity contribution in [1.82, 2.24) is 0 Å². The fourth-order valence-corrected chi connectivity index (χ4v) is 3.66. The highest BCUT2D eigenvalue weighted by molar-refractivity contribution is 7.16. The number of rotatable bonds is 4. The number of halogens is 3. The predicted molar refractivity (Wildman–Crippen MR) is 100 cm³/mol. The average Bonchev–Trinajstić information content (AvgIpc) is 2.66. The molecular formula is C19H12F3NO5S. The van der Waals surface area contributed by atoms with Gasteiger partial charge in [0.1, 0.15) is 11.3 Å². The van der Waals surface area contributed by atoms with Crippen molar-refractivity contribution in [2.45, 2.75) is 12.2 Å². The molecule has 1 heterocycles. The van der Waals surface area contributed by atoms with Gasteiger partial charge in [-0.15, -0.1) is 0 Å². The molecule has 4 N–H and O–H groups in total. The molecule has 6 nitrogen and oxygen atoms in total. The Morgan fingerprint density at radius 2 is 1.62 bits per heavy atom. The molecular weight excluding hydrogens is 411 g/mol. The van der Waals surface area contributed by atoms with Crippen LogP contribution in [0.1, 0.15) is 15.9 Å². The number of carboxylic acid groups (broad SMARTS) is 1. The van der Waals surface area contributed by atoms with Crippen LogP contribution in [0.4, 0.5) is 13.2 Å². The van der Waals surface area contributed by atoms with Gasteiger partial charge < -0.3 is 15.9 Å². The minimum absolute atomic E-state index is 0.117. The van der Waals surface area contributed by atoms with Crippen molar-refractivity contribution >= 4 is 33.2 Å². The second-order valence-corrected chi connectivity index (χ2v) is 7.09. The first-order valence-corrected chi connectivity index (χ1v) is 8.82. The number of hydrogen-bond acceptors (Lipinski definition) is 6. The maximum absolute atomic E-state index is 12.7. The molecule has 0 spiro atoms. The van der Waals surface area contributed by atoms with Gasteiger partial charge in [0, 0.05) is 10.1 Å². The molecule has 1 atom stereocenters. The van der Waals surface area contributed by atoms with Crippen LogP contribution in [0.2, 0.25) is 0 Å². The molecule has 1 aromatic heterocycles. The van der Waals surface area contributed by atoms with E-state index in [1.54, 1.807) is 0 Å². The van der Waals surface area contributed by atoms with E-state index < -0.39 is 45.6 Å². The van der Waals surface area contributed by atoms with Crippen molar-refractivity contribution in [3.8, 4) is 16.9 Å². The van der Waals surface area contributed by atoms with Gasteiger partial charge in [-0.05, 0) is 35.4 Å². The van der Waals surface area contributed by atoms with Gasteiger partial charge in [0.05, 0.1) is 5.56 Å². The Morgan fingerprint density at radius 3 is 2.17 bits per heavy atom. The van der Waals surface area contributed by atoms with Gasteiger partial charge in [-0.25, -0.2) is 0 Å². The number of alkyl halides is 3.